The lowest BCUT2D eigenvalue weighted by Gasteiger charge is -2.12. The normalized spacial score (nSPS) is 11.9. The van der Waals surface area contributed by atoms with Gasteiger partial charge < -0.3 is 14.6 Å². The van der Waals surface area contributed by atoms with Crippen LogP contribution in [0, 0.1) is 6.92 Å². The number of fused-ring (bicyclic) bond motifs is 1. The molecule has 0 saturated carbocycles. The van der Waals surface area contributed by atoms with E-state index < -0.39 is 18.0 Å². The number of hydrogen-bond acceptors (Lipinski definition) is 7. The maximum atomic E-state index is 12.1. The van der Waals surface area contributed by atoms with Gasteiger partial charge >= 0.3 is 5.97 Å². The van der Waals surface area contributed by atoms with Crippen LogP contribution in [0.15, 0.2) is 39.6 Å². The predicted molar refractivity (Wildman–Crippen MR) is 91.5 cm³/mol. The summed E-state index contributed by atoms with van der Waals surface area (Å²) < 4.78 is 9.98. The highest BCUT2D eigenvalue weighted by Gasteiger charge is 2.20. The molecule has 2 aromatic heterocycles. The lowest BCUT2D eigenvalue weighted by atomic mass is 10.1. The summed E-state index contributed by atoms with van der Waals surface area (Å²) in [5.41, 5.74) is 0.0262. The monoisotopic (exact) mass is 356 g/mol. The van der Waals surface area contributed by atoms with Gasteiger partial charge in [-0.2, -0.15) is 5.10 Å². The van der Waals surface area contributed by atoms with Crippen molar-refractivity contribution in [1.29, 1.82) is 0 Å². The quantitative estimate of drug-likeness (QED) is 0.660. The number of ether oxygens (including phenoxy) is 1. The summed E-state index contributed by atoms with van der Waals surface area (Å²) in [6, 6.07) is 8.35. The number of esters is 1. The third-order valence-corrected chi connectivity index (χ3v) is 3.64. The van der Waals surface area contributed by atoms with Crippen LogP contribution in [-0.2, 0) is 20.7 Å². The Morgan fingerprint density at radius 1 is 1.31 bits per heavy atom. The van der Waals surface area contributed by atoms with Gasteiger partial charge in [-0.1, -0.05) is 23.4 Å². The Morgan fingerprint density at radius 3 is 2.73 bits per heavy atom. The van der Waals surface area contributed by atoms with Crippen LogP contribution >= 0.6 is 0 Å². The number of hydrogen-bond donors (Lipinski definition) is 2. The average Bonchev–Trinajstić information content (AvgIpc) is 3.02. The highest BCUT2D eigenvalue weighted by molar-refractivity contribution is 5.94. The summed E-state index contributed by atoms with van der Waals surface area (Å²) in [5, 5.41) is 13.4. The van der Waals surface area contributed by atoms with Crippen molar-refractivity contribution in [3.8, 4) is 0 Å². The number of benzene rings is 1. The van der Waals surface area contributed by atoms with Crippen LogP contribution in [0.3, 0.4) is 0 Å². The molecule has 0 saturated heterocycles. The molecule has 9 heteroatoms. The Balaban J connectivity index is 1.66. The highest BCUT2D eigenvalue weighted by Crippen LogP contribution is 2.14. The van der Waals surface area contributed by atoms with Crippen LogP contribution in [0.5, 0.6) is 0 Å². The van der Waals surface area contributed by atoms with Crippen molar-refractivity contribution in [2.45, 2.75) is 26.4 Å². The summed E-state index contributed by atoms with van der Waals surface area (Å²) in [6.07, 6.45) is -1.22. The molecule has 9 nitrogen and oxygen atoms in total. The molecule has 0 aliphatic heterocycles. The number of anilines is 1. The van der Waals surface area contributed by atoms with Crippen molar-refractivity contribution in [3.05, 3.63) is 52.1 Å². The number of aromatic nitrogens is 3. The molecule has 0 radical (unpaired) electrons. The maximum absolute atomic E-state index is 12.1. The van der Waals surface area contributed by atoms with Crippen LogP contribution in [0.25, 0.3) is 10.8 Å². The smallest absolute Gasteiger partial charge is 0.312 e. The predicted octanol–water partition coefficient (Wildman–Crippen LogP) is 1.33. The molecule has 3 aromatic rings. The van der Waals surface area contributed by atoms with Crippen LogP contribution in [-0.4, -0.2) is 33.3 Å². The molecule has 0 aliphatic rings. The number of nitrogens with zero attached hydrogens (tertiary/aromatic N) is 2. The van der Waals surface area contributed by atoms with Crippen LogP contribution < -0.4 is 10.9 Å². The number of amides is 1. The first-order chi connectivity index (χ1) is 12.4. The van der Waals surface area contributed by atoms with Gasteiger partial charge in [0, 0.05) is 11.5 Å². The molecular formula is C17H16N4O5. The number of carbonyl (C=O) groups is 2. The molecule has 0 unspecified atom stereocenters. The Hall–Kier alpha value is -3.49. The third-order valence-electron chi connectivity index (χ3n) is 3.64. The summed E-state index contributed by atoms with van der Waals surface area (Å²) >= 11 is 0. The van der Waals surface area contributed by atoms with Gasteiger partial charge in [-0.3, -0.25) is 14.4 Å². The van der Waals surface area contributed by atoms with Crippen molar-refractivity contribution in [2.75, 3.05) is 5.32 Å². The van der Waals surface area contributed by atoms with Crippen molar-refractivity contribution < 1.29 is 18.8 Å². The van der Waals surface area contributed by atoms with E-state index in [0.717, 1.165) is 0 Å². The lowest BCUT2D eigenvalue weighted by Crippen LogP contribution is -2.30. The third kappa shape index (κ3) is 3.77. The van der Waals surface area contributed by atoms with E-state index in [-0.39, 0.29) is 17.8 Å². The molecule has 2 N–H and O–H groups in total. The fraction of sp³-hybridized carbons (Fsp3) is 0.235. The molecule has 3 rings (SSSR count). The Bertz CT molecular complexity index is 1020. The summed E-state index contributed by atoms with van der Waals surface area (Å²) in [5.74, 6) is -0.399. The van der Waals surface area contributed by atoms with Gasteiger partial charge in [0.1, 0.15) is 5.76 Å². The van der Waals surface area contributed by atoms with E-state index >= 15 is 0 Å². The average molecular weight is 356 g/mol. The molecular weight excluding hydrogens is 340 g/mol. The van der Waals surface area contributed by atoms with E-state index in [0.29, 0.717) is 22.2 Å². The second kappa shape index (κ2) is 7.18. The van der Waals surface area contributed by atoms with Gasteiger partial charge in [-0.15, -0.1) is 0 Å². The Labute approximate surface area is 147 Å². The lowest BCUT2D eigenvalue weighted by molar-refractivity contribution is -0.152. The van der Waals surface area contributed by atoms with E-state index in [1.807, 2.05) is 0 Å². The zero-order valence-electron chi connectivity index (χ0n) is 14.1. The number of carbonyl (C=O) groups excluding carboxylic acids is 2. The van der Waals surface area contributed by atoms with Gasteiger partial charge in [0.2, 0.25) is 0 Å². The minimum absolute atomic E-state index is 0.183. The molecule has 26 heavy (non-hydrogen) atoms. The summed E-state index contributed by atoms with van der Waals surface area (Å²) in [7, 11) is 0. The van der Waals surface area contributed by atoms with Gasteiger partial charge in [0.05, 0.1) is 17.5 Å². The van der Waals surface area contributed by atoms with E-state index in [2.05, 4.69) is 20.7 Å². The van der Waals surface area contributed by atoms with Crippen LogP contribution in [0.1, 0.15) is 18.4 Å². The fourth-order valence-corrected chi connectivity index (χ4v) is 2.39. The first-order valence-corrected chi connectivity index (χ1v) is 7.84. The standard InChI is InChI=1S/C17H16N4O5/c1-9-7-14(21-26-9)18-16(23)10(2)25-15(22)8-13-11-5-3-4-6-12(11)17(24)20-19-13/h3-7,10H,8H2,1-2H3,(H,20,24)(H,18,21,23)/t10-/m1/s1. The van der Waals surface area contributed by atoms with Crippen LogP contribution in [0.2, 0.25) is 0 Å². The zero-order chi connectivity index (χ0) is 18.7. The summed E-state index contributed by atoms with van der Waals surface area (Å²) in [6.45, 7) is 3.13. The first kappa shape index (κ1) is 17.3. The van der Waals surface area contributed by atoms with Crippen LogP contribution in [0.4, 0.5) is 5.82 Å². The second-order valence-corrected chi connectivity index (χ2v) is 5.67. The molecule has 134 valence electrons. The van der Waals surface area contributed by atoms with Gasteiger partial charge in [0.25, 0.3) is 11.5 Å². The van der Waals surface area contributed by atoms with Gasteiger partial charge in [-0.25, -0.2) is 5.10 Å². The topological polar surface area (TPSA) is 127 Å². The molecule has 1 aromatic carbocycles. The second-order valence-electron chi connectivity index (χ2n) is 5.67. The molecule has 0 spiro atoms. The van der Waals surface area contributed by atoms with E-state index in [4.69, 9.17) is 9.26 Å². The van der Waals surface area contributed by atoms with Gasteiger partial charge in [-0.05, 0) is 19.9 Å². The van der Waals surface area contributed by atoms with E-state index in [1.165, 1.54) is 6.92 Å². The van der Waals surface area contributed by atoms with Crippen molar-refractivity contribution in [2.24, 2.45) is 0 Å². The van der Waals surface area contributed by atoms with E-state index in [1.54, 1.807) is 37.3 Å². The fourth-order valence-electron chi connectivity index (χ4n) is 2.39. The molecule has 2 heterocycles. The Morgan fingerprint density at radius 2 is 2.04 bits per heavy atom. The maximum Gasteiger partial charge on any atom is 0.312 e. The van der Waals surface area contributed by atoms with Crippen molar-refractivity contribution >= 4 is 28.5 Å². The number of aromatic amines is 1. The molecule has 0 fully saturated rings. The number of rotatable bonds is 5. The minimum atomic E-state index is -1.03. The molecule has 0 bridgehead atoms. The molecule has 1 atom stereocenters. The highest BCUT2D eigenvalue weighted by atomic mass is 16.5. The molecule has 0 aliphatic carbocycles. The van der Waals surface area contributed by atoms with Crippen molar-refractivity contribution in [3.63, 3.8) is 0 Å². The number of aryl methyl sites for hydroxylation is 1. The number of nitrogens with one attached hydrogen (secondary N) is 2. The molecule has 1 amide bonds. The largest absolute Gasteiger partial charge is 0.452 e. The minimum Gasteiger partial charge on any atom is -0.452 e. The number of H-pyrrole nitrogens is 1. The zero-order valence-corrected chi connectivity index (χ0v) is 14.1. The first-order valence-electron chi connectivity index (χ1n) is 7.84. The SMILES string of the molecule is Cc1cc(NC(=O)[C@@H](C)OC(=O)Cc2n[nH]c(=O)c3ccccc23)no1. The summed E-state index contributed by atoms with van der Waals surface area (Å²) in [4.78, 5) is 35.9. The van der Waals surface area contributed by atoms with Crippen molar-refractivity contribution in [1.82, 2.24) is 15.4 Å². The van der Waals surface area contributed by atoms with Gasteiger partial charge in [0.15, 0.2) is 11.9 Å². The Kier molecular flexibility index (Phi) is 4.78. The van der Waals surface area contributed by atoms with E-state index in [9.17, 15) is 14.4 Å².